The van der Waals surface area contributed by atoms with E-state index >= 15 is 0 Å². The topological polar surface area (TPSA) is 67.2 Å². The van der Waals surface area contributed by atoms with Crippen molar-refractivity contribution < 1.29 is 18.4 Å². The Labute approximate surface area is 156 Å². The highest BCUT2D eigenvalue weighted by Gasteiger charge is 2.31. The quantitative estimate of drug-likeness (QED) is 0.825. The molecule has 27 heavy (non-hydrogen) atoms. The van der Waals surface area contributed by atoms with Crippen molar-refractivity contribution in [3.63, 3.8) is 0 Å². The van der Waals surface area contributed by atoms with Gasteiger partial charge in [0.05, 0.1) is 36.6 Å². The Kier molecular flexibility index (Phi) is 5.25. The number of urea groups is 1. The van der Waals surface area contributed by atoms with Crippen LogP contribution in [0.5, 0.6) is 0 Å². The molecule has 1 aliphatic rings. The van der Waals surface area contributed by atoms with Crippen LogP contribution in [0.4, 0.5) is 19.3 Å². The SMILES string of the molecule is CC(C)CC(=O)c1cnn2c1CN(C(=O)Nc1ccc(F)c(F)c1)[C@@H](C)C2. The molecule has 0 bridgehead atoms. The lowest BCUT2D eigenvalue weighted by atomic mass is 10.0. The minimum Gasteiger partial charge on any atom is -0.314 e. The third kappa shape index (κ3) is 3.99. The maximum atomic E-state index is 13.4. The minimum absolute atomic E-state index is 0.00164. The number of nitrogens with one attached hydrogen (secondary N) is 1. The Morgan fingerprint density at radius 3 is 2.70 bits per heavy atom. The average Bonchev–Trinajstić information content (AvgIpc) is 2.99. The van der Waals surface area contributed by atoms with Crippen molar-refractivity contribution in [1.82, 2.24) is 14.7 Å². The Morgan fingerprint density at radius 2 is 2.04 bits per heavy atom. The van der Waals surface area contributed by atoms with Crippen LogP contribution in [0.2, 0.25) is 0 Å². The minimum atomic E-state index is -1.03. The summed E-state index contributed by atoms with van der Waals surface area (Å²) in [7, 11) is 0. The highest BCUT2D eigenvalue weighted by Crippen LogP contribution is 2.24. The summed E-state index contributed by atoms with van der Waals surface area (Å²) in [5.74, 6) is -1.78. The van der Waals surface area contributed by atoms with E-state index in [-0.39, 0.29) is 30.0 Å². The Morgan fingerprint density at radius 1 is 1.30 bits per heavy atom. The number of rotatable bonds is 4. The van der Waals surface area contributed by atoms with Crippen molar-refractivity contribution in [2.24, 2.45) is 5.92 Å². The molecule has 1 N–H and O–H groups in total. The van der Waals surface area contributed by atoms with Crippen LogP contribution in [0, 0.1) is 17.6 Å². The van der Waals surface area contributed by atoms with E-state index in [1.807, 2.05) is 20.8 Å². The van der Waals surface area contributed by atoms with Gasteiger partial charge in [-0.05, 0) is 25.0 Å². The van der Waals surface area contributed by atoms with Gasteiger partial charge in [-0.3, -0.25) is 9.48 Å². The van der Waals surface area contributed by atoms with Gasteiger partial charge in [0.2, 0.25) is 0 Å². The zero-order chi connectivity index (χ0) is 19.7. The number of carbonyl (C=O) groups is 2. The maximum absolute atomic E-state index is 13.4. The van der Waals surface area contributed by atoms with E-state index in [0.29, 0.717) is 24.2 Å². The molecule has 0 spiro atoms. The van der Waals surface area contributed by atoms with Crippen molar-refractivity contribution in [3.05, 3.63) is 47.3 Å². The number of amides is 2. The Balaban J connectivity index is 1.78. The first-order valence-corrected chi connectivity index (χ1v) is 8.86. The third-order valence-electron chi connectivity index (χ3n) is 4.56. The van der Waals surface area contributed by atoms with E-state index in [4.69, 9.17) is 0 Å². The largest absolute Gasteiger partial charge is 0.322 e. The van der Waals surface area contributed by atoms with Gasteiger partial charge in [0.1, 0.15) is 0 Å². The molecule has 0 unspecified atom stereocenters. The fourth-order valence-corrected chi connectivity index (χ4v) is 3.16. The standard InChI is InChI=1S/C19H22F2N4O2/c1-11(2)6-18(26)14-8-22-25-9-12(3)24(10-17(14)25)19(27)23-13-4-5-15(20)16(21)7-13/h4-5,7-8,11-12H,6,9-10H2,1-3H3,(H,23,27)/t12-/m0/s1. The second kappa shape index (κ2) is 7.46. The molecule has 0 fully saturated rings. The molecular formula is C19H22F2N4O2. The average molecular weight is 376 g/mol. The van der Waals surface area contributed by atoms with E-state index in [9.17, 15) is 18.4 Å². The number of benzene rings is 1. The summed E-state index contributed by atoms with van der Waals surface area (Å²) in [4.78, 5) is 26.7. The number of hydrogen-bond donors (Lipinski definition) is 1. The summed E-state index contributed by atoms with van der Waals surface area (Å²) < 4.78 is 28.2. The van der Waals surface area contributed by atoms with Crippen molar-refractivity contribution in [2.75, 3.05) is 5.32 Å². The molecule has 0 radical (unpaired) electrons. The van der Waals surface area contributed by atoms with Gasteiger partial charge in [-0.15, -0.1) is 0 Å². The van der Waals surface area contributed by atoms with E-state index in [0.717, 1.165) is 12.1 Å². The van der Waals surface area contributed by atoms with Gasteiger partial charge in [-0.2, -0.15) is 5.10 Å². The molecule has 0 saturated heterocycles. The Bertz CT molecular complexity index is 879. The van der Waals surface area contributed by atoms with E-state index in [1.165, 1.54) is 6.07 Å². The van der Waals surface area contributed by atoms with E-state index in [2.05, 4.69) is 10.4 Å². The summed E-state index contributed by atoms with van der Waals surface area (Å²) in [5, 5.41) is 6.86. The van der Waals surface area contributed by atoms with Gasteiger partial charge >= 0.3 is 6.03 Å². The number of hydrogen-bond acceptors (Lipinski definition) is 3. The number of ketones is 1. The van der Waals surface area contributed by atoms with Crippen LogP contribution in [0.3, 0.4) is 0 Å². The number of Topliss-reactive ketones (excluding diaryl/α,β-unsaturated/α-hetero) is 1. The van der Waals surface area contributed by atoms with Crippen molar-refractivity contribution in [3.8, 4) is 0 Å². The summed E-state index contributed by atoms with van der Waals surface area (Å²) in [6.45, 7) is 6.48. The highest BCUT2D eigenvalue weighted by molar-refractivity contribution is 5.97. The molecule has 2 heterocycles. The molecule has 2 amide bonds. The monoisotopic (exact) mass is 376 g/mol. The lowest BCUT2D eigenvalue weighted by Gasteiger charge is -2.34. The molecule has 0 aliphatic carbocycles. The lowest BCUT2D eigenvalue weighted by molar-refractivity contribution is 0.0962. The highest BCUT2D eigenvalue weighted by atomic mass is 19.2. The van der Waals surface area contributed by atoms with Gasteiger partial charge in [0, 0.05) is 18.2 Å². The predicted octanol–water partition coefficient (Wildman–Crippen LogP) is 3.83. The van der Waals surface area contributed by atoms with Gasteiger partial charge in [-0.1, -0.05) is 13.8 Å². The molecule has 1 aliphatic heterocycles. The van der Waals surface area contributed by atoms with Gasteiger partial charge in [0.15, 0.2) is 17.4 Å². The van der Waals surface area contributed by atoms with Crippen molar-refractivity contribution in [1.29, 1.82) is 0 Å². The van der Waals surface area contributed by atoms with Crippen molar-refractivity contribution in [2.45, 2.75) is 46.3 Å². The molecule has 1 aromatic heterocycles. The van der Waals surface area contributed by atoms with Crippen LogP contribution in [-0.4, -0.2) is 32.5 Å². The summed E-state index contributed by atoms with van der Waals surface area (Å²) in [6.07, 6.45) is 1.97. The van der Waals surface area contributed by atoms with Gasteiger partial charge in [-0.25, -0.2) is 13.6 Å². The molecule has 144 valence electrons. The maximum Gasteiger partial charge on any atom is 0.322 e. The molecular weight excluding hydrogens is 354 g/mol. The molecule has 1 aromatic carbocycles. The zero-order valence-corrected chi connectivity index (χ0v) is 15.5. The lowest BCUT2D eigenvalue weighted by Crippen LogP contribution is -2.47. The van der Waals surface area contributed by atoms with Gasteiger partial charge in [0.25, 0.3) is 0 Å². The molecule has 3 rings (SSSR count). The molecule has 0 saturated carbocycles. The van der Waals surface area contributed by atoms with Crippen molar-refractivity contribution >= 4 is 17.5 Å². The van der Waals surface area contributed by atoms with Gasteiger partial charge < -0.3 is 10.2 Å². The van der Waals surface area contributed by atoms with Crippen LogP contribution in [-0.2, 0) is 13.1 Å². The second-order valence-electron chi connectivity index (χ2n) is 7.24. The molecule has 1 atom stereocenters. The number of halogens is 2. The third-order valence-corrected chi connectivity index (χ3v) is 4.56. The molecule has 2 aromatic rings. The summed E-state index contributed by atoms with van der Waals surface area (Å²) in [5.41, 5.74) is 1.39. The number of fused-ring (bicyclic) bond motifs is 1. The number of anilines is 1. The first-order chi connectivity index (χ1) is 12.8. The normalized spacial score (nSPS) is 16.4. The van der Waals surface area contributed by atoms with Crippen LogP contribution < -0.4 is 5.32 Å². The first kappa shape index (κ1) is 19.0. The zero-order valence-electron chi connectivity index (χ0n) is 15.5. The predicted molar refractivity (Wildman–Crippen MR) is 96.4 cm³/mol. The van der Waals surface area contributed by atoms with E-state index < -0.39 is 17.7 Å². The number of aromatic nitrogens is 2. The van der Waals surface area contributed by atoms with E-state index in [1.54, 1.807) is 15.8 Å². The molecule has 6 nitrogen and oxygen atoms in total. The fraction of sp³-hybridized carbons (Fsp3) is 0.421. The second-order valence-corrected chi connectivity index (χ2v) is 7.24. The van der Waals surface area contributed by atoms with Crippen LogP contribution >= 0.6 is 0 Å². The fourth-order valence-electron chi connectivity index (χ4n) is 3.16. The first-order valence-electron chi connectivity index (χ1n) is 8.86. The van der Waals surface area contributed by atoms with Crippen LogP contribution in [0.1, 0.15) is 43.2 Å². The van der Waals surface area contributed by atoms with Crippen LogP contribution in [0.15, 0.2) is 24.4 Å². The number of nitrogens with zero attached hydrogens (tertiary/aromatic N) is 3. The summed E-state index contributed by atoms with van der Waals surface area (Å²) in [6, 6.07) is 2.58. The molecule has 8 heteroatoms. The van der Waals surface area contributed by atoms with Crippen LogP contribution in [0.25, 0.3) is 0 Å². The summed E-state index contributed by atoms with van der Waals surface area (Å²) >= 11 is 0. The Hall–Kier alpha value is -2.77. The number of carbonyl (C=O) groups excluding carboxylic acids is 2. The smallest absolute Gasteiger partial charge is 0.314 e.